The molecule has 18 heavy (non-hydrogen) atoms. The molecule has 96 valence electrons. The second kappa shape index (κ2) is 7.17. The van der Waals surface area contributed by atoms with Gasteiger partial charge in [-0.25, -0.2) is 0 Å². The van der Waals surface area contributed by atoms with Gasteiger partial charge in [-0.05, 0) is 25.1 Å². The molecule has 1 N–H and O–H groups in total. The molecular formula is C14H17NO3. The number of carbonyl (C=O) groups is 1. The number of ether oxygens (including phenoxy) is 2. The fourth-order valence-corrected chi connectivity index (χ4v) is 1.35. The number of carbonyl (C=O) groups excluding carboxylic acids is 1. The third-order valence-corrected chi connectivity index (χ3v) is 2.12. The Kier molecular flexibility index (Phi) is 5.51. The van der Waals surface area contributed by atoms with Crippen LogP contribution in [0.25, 0.3) is 0 Å². The van der Waals surface area contributed by atoms with E-state index in [-0.39, 0.29) is 11.7 Å². The van der Waals surface area contributed by atoms with Gasteiger partial charge in [-0.1, -0.05) is 18.7 Å². The molecule has 0 saturated heterocycles. The smallest absolute Gasteiger partial charge is 0.290 e. The van der Waals surface area contributed by atoms with Crippen LogP contribution < -0.4 is 10.1 Å². The molecule has 1 rings (SSSR count). The van der Waals surface area contributed by atoms with Crippen molar-refractivity contribution in [3.05, 3.63) is 48.8 Å². The summed E-state index contributed by atoms with van der Waals surface area (Å²) in [6.45, 7) is 5.78. The summed E-state index contributed by atoms with van der Waals surface area (Å²) in [6, 6.07) is 7.11. The highest BCUT2D eigenvalue weighted by molar-refractivity contribution is 6.02. The maximum Gasteiger partial charge on any atom is 0.290 e. The lowest BCUT2D eigenvalue weighted by Crippen LogP contribution is -2.16. The molecule has 0 fully saturated rings. The standard InChI is InChI=1S/C14H17NO3/c1-4-7-13(18-5-2)14(16)15-11-8-6-9-12(10-11)17-3/h4,6-10H,1,5H2,2-3H3,(H,15,16)/b13-7+. The van der Waals surface area contributed by atoms with Gasteiger partial charge < -0.3 is 14.8 Å². The zero-order valence-corrected chi connectivity index (χ0v) is 10.6. The number of hydrogen-bond donors (Lipinski definition) is 1. The number of amides is 1. The first-order valence-corrected chi connectivity index (χ1v) is 5.62. The van der Waals surface area contributed by atoms with Crippen molar-refractivity contribution in [2.75, 3.05) is 19.0 Å². The summed E-state index contributed by atoms with van der Waals surface area (Å²) in [5.74, 6) is 0.596. The predicted molar refractivity (Wildman–Crippen MR) is 71.5 cm³/mol. The maximum atomic E-state index is 11.9. The monoisotopic (exact) mass is 247 g/mol. The van der Waals surface area contributed by atoms with Gasteiger partial charge in [0, 0.05) is 11.8 Å². The first-order chi connectivity index (χ1) is 8.71. The van der Waals surface area contributed by atoms with E-state index in [4.69, 9.17) is 9.47 Å². The lowest BCUT2D eigenvalue weighted by molar-refractivity contribution is -0.116. The van der Waals surface area contributed by atoms with E-state index in [9.17, 15) is 4.79 Å². The highest BCUT2D eigenvalue weighted by Crippen LogP contribution is 2.17. The second-order valence-electron chi connectivity index (χ2n) is 3.39. The van der Waals surface area contributed by atoms with Gasteiger partial charge in [-0.3, -0.25) is 4.79 Å². The van der Waals surface area contributed by atoms with Crippen LogP contribution in [-0.4, -0.2) is 19.6 Å². The SMILES string of the molecule is C=C/C=C(/OCC)C(=O)Nc1cccc(OC)c1. The Morgan fingerprint density at radius 3 is 2.89 bits per heavy atom. The normalized spacial score (nSPS) is 10.7. The first kappa shape index (κ1) is 13.8. The average molecular weight is 247 g/mol. The minimum Gasteiger partial charge on any atom is -0.497 e. The van der Waals surface area contributed by atoms with Gasteiger partial charge in [-0.15, -0.1) is 0 Å². The minimum absolute atomic E-state index is 0.232. The number of nitrogens with one attached hydrogen (secondary N) is 1. The van der Waals surface area contributed by atoms with Gasteiger partial charge in [0.1, 0.15) is 5.75 Å². The minimum atomic E-state index is -0.315. The summed E-state index contributed by atoms with van der Waals surface area (Å²) in [4.78, 5) is 11.9. The van der Waals surface area contributed by atoms with Crippen LogP contribution in [0.5, 0.6) is 5.75 Å². The number of benzene rings is 1. The number of allylic oxidation sites excluding steroid dienone is 2. The Hall–Kier alpha value is -2.23. The van der Waals surface area contributed by atoms with E-state index in [0.29, 0.717) is 18.0 Å². The quantitative estimate of drug-likeness (QED) is 0.477. The molecule has 1 aromatic rings. The van der Waals surface area contributed by atoms with E-state index in [0.717, 1.165) is 0 Å². The molecule has 1 amide bonds. The Labute approximate surface area is 107 Å². The topological polar surface area (TPSA) is 47.6 Å². The molecule has 4 nitrogen and oxygen atoms in total. The Balaban J connectivity index is 2.78. The molecule has 0 aliphatic heterocycles. The molecule has 0 spiro atoms. The van der Waals surface area contributed by atoms with Gasteiger partial charge >= 0.3 is 0 Å². The van der Waals surface area contributed by atoms with Gasteiger partial charge in [0.05, 0.1) is 13.7 Å². The predicted octanol–water partition coefficient (Wildman–Crippen LogP) is 2.74. The van der Waals surface area contributed by atoms with Crippen molar-refractivity contribution in [1.29, 1.82) is 0 Å². The van der Waals surface area contributed by atoms with E-state index in [1.165, 1.54) is 12.2 Å². The molecule has 0 saturated carbocycles. The molecular weight excluding hydrogens is 230 g/mol. The fourth-order valence-electron chi connectivity index (χ4n) is 1.35. The van der Waals surface area contributed by atoms with E-state index < -0.39 is 0 Å². The summed E-state index contributed by atoms with van der Waals surface area (Å²) >= 11 is 0. The van der Waals surface area contributed by atoms with Crippen molar-refractivity contribution in [3.63, 3.8) is 0 Å². The summed E-state index contributed by atoms with van der Waals surface area (Å²) < 4.78 is 10.3. The first-order valence-electron chi connectivity index (χ1n) is 5.62. The third kappa shape index (κ3) is 3.97. The Morgan fingerprint density at radius 2 is 2.28 bits per heavy atom. The second-order valence-corrected chi connectivity index (χ2v) is 3.39. The van der Waals surface area contributed by atoms with Crippen LogP contribution in [0.2, 0.25) is 0 Å². The highest BCUT2D eigenvalue weighted by atomic mass is 16.5. The van der Waals surface area contributed by atoms with Crippen molar-refractivity contribution in [2.24, 2.45) is 0 Å². The van der Waals surface area contributed by atoms with E-state index in [2.05, 4.69) is 11.9 Å². The van der Waals surface area contributed by atoms with Crippen molar-refractivity contribution < 1.29 is 14.3 Å². The zero-order valence-electron chi connectivity index (χ0n) is 10.6. The van der Waals surface area contributed by atoms with Crippen LogP contribution in [0.15, 0.2) is 48.8 Å². The van der Waals surface area contributed by atoms with Crippen LogP contribution in [-0.2, 0) is 9.53 Å². The zero-order chi connectivity index (χ0) is 13.4. The van der Waals surface area contributed by atoms with Gasteiger partial charge in [-0.2, -0.15) is 0 Å². The molecule has 0 aromatic heterocycles. The molecule has 0 radical (unpaired) electrons. The lowest BCUT2D eigenvalue weighted by atomic mass is 10.3. The van der Waals surface area contributed by atoms with E-state index >= 15 is 0 Å². The van der Waals surface area contributed by atoms with Gasteiger partial charge in [0.15, 0.2) is 5.76 Å². The molecule has 0 aliphatic rings. The summed E-state index contributed by atoms with van der Waals surface area (Å²) in [6.07, 6.45) is 3.04. The molecule has 1 aromatic carbocycles. The third-order valence-electron chi connectivity index (χ3n) is 2.12. The van der Waals surface area contributed by atoms with E-state index in [1.807, 2.05) is 6.92 Å². The lowest BCUT2D eigenvalue weighted by Gasteiger charge is -2.09. The Morgan fingerprint density at radius 1 is 1.50 bits per heavy atom. The molecule has 0 aliphatic carbocycles. The van der Waals surface area contributed by atoms with Crippen molar-refractivity contribution in [1.82, 2.24) is 0 Å². The molecule has 4 heteroatoms. The van der Waals surface area contributed by atoms with Crippen molar-refractivity contribution >= 4 is 11.6 Å². The molecule has 0 heterocycles. The summed E-state index contributed by atoms with van der Waals surface area (Å²) in [5, 5.41) is 2.73. The van der Waals surface area contributed by atoms with Crippen LogP contribution in [0.4, 0.5) is 5.69 Å². The largest absolute Gasteiger partial charge is 0.497 e. The summed E-state index contributed by atoms with van der Waals surface area (Å²) in [7, 11) is 1.57. The van der Waals surface area contributed by atoms with E-state index in [1.54, 1.807) is 31.4 Å². The number of anilines is 1. The van der Waals surface area contributed by atoms with Crippen LogP contribution in [0, 0.1) is 0 Å². The molecule has 0 bridgehead atoms. The van der Waals surface area contributed by atoms with Crippen molar-refractivity contribution in [3.8, 4) is 5.75 Å². The number of hydrogen-bond acceptors (Lipinski definition) is 3. The van der Waals surface area contributed by atoms with Crippen LogP contribution >= 0.6 is 0 Å². The highest BCUT2D eigenvalue weighted by Gasteiger charge is 2.10. The fraction of sp³-hybridized carbons (Fsp3) is 0.214. The average Bonchev–Trinajstić information content (AvgIpc) is 2.38. The molecule has 0 atom stereocenters. The summed E-state index contributed by atoms with van der Waals surface area (Å²) in [5.41, 5.74) is 0.647. The van der Waals surface area contributed by atoms with Crippen LogP contribution in [0.1, 0.15) is 6.92 Å². The number of methoxy groups -OCH3 is 1. The number of rotatable bonds is 6. The van der Waals surface area contributed by atoms with Gasteiger partial charge in [0.25, 0.3) is 5.91 Å². The van der Waals surface area contributed by atoms with Gasteiger partial charge in [0.2, 0.25) is 0 Å². The Bertz CT molecular complexity index is 452. The molecule has 0 unspecified atom stereocenters. The van der Waals surface area contributed by atoms with Crippen LogP contribution in [0.3, 0.4) is 0 Å². The van der Waals surface area contributed by atoms with Crippen molar-refractivity contribution in [2.45, 2.75) is 6.92 Å². The maximum absolute atomic E-state index is 11.9.